The minimum Gasteiger partial charge on any atom is -0.494 e. The topological polar surface area (TPSA) is 56.1 Å². The number of benzene rings is 3. The van der Waals surface area contributed by atoms with Gasteiger partial charge in [-0.1, -0.05) is 68.4 Å². The van der Waals surface area contributed by atoms with E-state index in [9.17, 15) is 4.79 Å². The van der Waals surface area contributed by atoms with Gasteiger partial charge in [-0.25, -0.2) is 4.98 Å². The van der Waals surface area contributed by atoms with Gasteiger partial charge < -0.3 is 14.6 Å². The van der Waals surface area contributed by atoms with Gasteiger partial charge >= 0.3 is 0 Å². The molecule has 0 spiro atoms. The summed E-state index contributed by atoms with van der Waals surface area (Å²) in [5.74, 6) is 2.55. The number of imidazole rings is 1. The highest BCUT2D eigenvalue weighted by atomic mass is 16.5. The number of nitrogens with one attached hydrogen (secondary N) is 1. The van der Waals surface area contributed by atoms with Crippen molar-refractivity contribution in [3.63, 3.8) is 0 Å². The van der Waals surface area contributed by atoms with E-state index in [0.29, 0.717) is 25.5 Å². The van der Waals surface area contributed by atoms with E-state index in [1.807, 2.05) is 36.4 Å². The summed E-state index contributed by atoms with van der Waals surface area (Å²) in [6.45, 7) is 6.54. The number of hydrogen-bond acceptors (Lipinski definition) is 3. The smallest absolute Gasteiger partial charge is 0.224 e. The molecular formula is C30H35N3O2. The average molecular weight is 470 g/mol. The highest BCUT2D eigenvalue weighted by Crippen LogP contribution is 2.20. The molecule has 0 atom stereocenters. The number of fused-ring (bicyclic) bond motifs is 1. The largest absolute Gasteiger partial charge is 0.494 e. The quantitative estimate of drug-likeness (QED) is 0.262. The zero-order valence-corrected chi connectivity index (χ0v) is 20.7. The van der Waals surface area contributed by atoms with Crippen LogP contribution in [0.3, 0.4) is 0 Å². The van der Waals surface area contributed by atoms with Gasteiger partial charge in [0, 0.05) is 19.5 Å². The van der Waals surface area contributed by atoms with E-state index in [2.05, 4.69) is 66.2 Å². The summed E-state index contributed by atoms with van der Waals surface area (Å²) in [6, 6.07) is 26.5. The van der Waals surface area contributed by atoms with E-state index in [1.54, 1.807) is 0 Å². The Bertz CT molecular complexity index is 1210. The molecule has 0 saturated heterocycles. The van der Waals surface area contributed by atoms with Crippen LogP contribution >= 0.6 is 0 Å². The van der Waals surface area contributed by atoms with Crippen LogP contribution in [0.2, 0.25) is 0 Å². The number of amides is 1. The maximum absolute atomic E-state index is 12.2. The molecule has 0 aliphatic rings. The average Bonchev–Trinajstić information content (AvgIpc) is 3.22. The van der Waals surface area contributed by atoms with Gasteiger partial charge in [-0.15, -0.1) is 0 Å². The van der Waals surface area contributed by atoms with Gasteiger partial charge in [0.1, 0.15) is 11.6 Å². The molecule has 5 heteroatoms. The molecule has 1 aromatic heterocycles. The predicted octanol–water partition coefficient (Wildman–Crippen LogP) is 5.92. The highest BCUT2D eigenvalue weighted by Gasteiger charge is 2.11. The Balaban J connectivity index is 1.28. The van der Waals surface area contributed by atoms with Crippen molar-refractivity contribution >= 4 is 16.9 Å². The van der Waals surface area contributed by atoms with Gasteiger partial charge in [-0.2, -0.15) is 0 Å². The van der Waals surface area contributed by atoms with Crippen LogP contribution in [0.5, 0.6) is 5.75 Å². The third-order valence-corrected chi connectivity index (χ3v) is 6.18. The van der Waals surface area contributed by atoms with Crippen LogP contribution in [0.4, 0.5) is 0 Å². The lowest BCUT2D eigenvalue weighted by Crippen LogP contribution is -2.26. The van der Waals surface area contributed by atoms with Gasteiger partial charge in [-0.05, 0) is 54.2 Å². The van der Waals surface area contributed by atoms with Crippen molar-refractivity contribution in [3.8, 4) is 5.75 Å². The second-order valence-electron chi connectivity index (χ2n) is 9.21. The molecule has 1 amide bonds. The van der Waals surface area contributed by atoms with Crippen molar-refractivity contribution in [2.75, 3.05) is 13.2 Å². The van der Waals surface area contributed by atoms with Gasteiger partial charge in [0.2, 0.25) is 5.91 Å². The monoisotopic (exact) mass is 469 g/mol. The Morgan fingerprint density at radius 2 is 1.69 bits per heavy atom. The molecule has 35 heavy (non-hydrogen) atoms. The first kappa shape index (κ1) is 24.5. The van der Waals surface area contributed by atoms with E-state index in [-0.39, 0.29) is 5.91 Å². The van der Waals surface area contributed by atoms with Crippen molar-refractivity contribution < 1.29 is 9.53 Å². The van der Waals surface area contributed by atoms with Crippen molar-refractivity contribution in [2.24, 2.45) is 0 Å². The lowest BCUT2D eigenvalue weighted by Gasteiger charge is -2.12. The van der Waals surface area contributed by atoms with E-state index < -0.39 is 0 Å². The number of aryl methyl sites for hydroxylation is 2. The number of hydrogen-bond donors (Lipinski definition) is 1. The van der Waals surface area contributed by atoms with Crippen LogP contribution in [0.1, 0.15) is 49.6 Å². The van der Waals surface area contributed by atoms with Crippen molar-refractivity contribution in [2.45, 2.75) is 52.0 Å². The molecule has 0 fully saturated rings. The van der Waals surface area contributed by atoms with E-state index in [0.717, 1.165) is 54.0 Å². The number of nitrogens with zero attached hydrogens (tertiary/aromatic N) is 2. The molecule has 0 saturated carbocycles. The highest BCUT2D eigenvalue weighted by molar-refractivity contribution is 5.78. The second kappa shape index (κ2) is 12.2. The Hall–Kier alpha value is -3.60. The Morgan fingerprint density at radius 3 is 2.46 bits per heavy atom. The molecule has 0 radical (unpaired) electrons. The molecule has 5 nitrogen and oxygen atoms in total. The maximum atomic E-state index is 12.2. The van der Waals surface area contributed by atoms with Crippen molar-refractivity contribution in [1.29, 1.82) is 0 Å². The Kier molecular flexibility index (Phi) is 8.55. The van der Waals surface area contributed by atoms with E-state index >= 15 is 0 Å². The molecule has 1 N–H and O–H groups in total. The summed E-state index contributed by atoms with van der Waals surface area (Å²) in [5.41, 5.74) is 4.52. The minimum absolute atomic E-state index is 0.0586. The van der Waals surface area contributed by atoms with Gasteiger partial charge in [0.05, 0.1) is 24.1 Å². The molecule has 0 bridgehead atoms. The SMILES string of the molecule is CC(C)c1ccc(OCCCn2c(CCCNC(=O)Cc3ccccc3)nc3ccccc32)cc1. The molecule has 0 aliphatic heterocycles. The summed E-state index contributed by atoms with van der Waals surface area (Å²) in [5, 5.41) is 3.04. The van der Waals surface area contributed by atoms with Crippen LogP contribution < -0.4 is 10.1 Å². The van der Waals surface area contributed by atoms with Crippen LogP contribution in [-0.2, 0) is 24.2 Å². The number of para-hydroxylation sites is 2. The maximum Gasteiger partial charge on any atom is 0.224 e. The number of ether oxygens (including phenoxy) is 1. The fourth-order valence-electron chi connectivity index (χ4n) is 4.25. The number of aromatic nitrogens is 2. The lowest BCUT2D eigenvalue weighted by atomic mass is 10.0. The number of carbonyl (C=O) groups excluding carboxylic acids is 1. The van der Waals surface area contributed by atoms with Crippen LogP contribution in [0.25, 0.3) is 11.0 Å². The first-order chi connectivity index (χ1) is 17.1. The molecule has 1 heterocycles. The molecule has 182 valence electrons. The predicted molar refractivity (Wildman–Crippen MR) is 142 cm³/mol. The second-order valence-corrected chi connectivity index (χ2v) is 9.21. The fraction of sp³-hybridized carbons (Fsp3) is 0.333. The summed E-state index contributed by atoms with van der Waals surface area (Å²) < 4.78 is 8.28. The van der Waals surface area contributed by atoms with Gasteiger partial charge in [0.15, 0.2) is 0 Å². The minimum atomic E-state index is 0.0586. The summed E-state index contributed by atoms with van der Waals surface area (Å²) in [6.07, 6.45) is 2.98. The molecule has 3 aromatic carbocycles. The third-order valence-electron chi connectivity index (χ3n) is 6.18. The molecule has 0 aliphatic carbocycles. The third kappa shape index (κ3) is 6.95. The van der Waals surface area contributed by atoms with E-state index in [4.69, 9.17) is 9.72 Å². The van der Waals surface area contributed by atoms with E-state index in [1.165, 1.54) is 5.56 Å². The molecule has 4 aromatic rings. The van der Waals surface area contributed by atoms with Crippen molar-refractivity contribution in [3.05, 3.63) is 95.8 Å². The Morgan fingerprint density at radius 1 is 0.943 bits per heavy atom. The van der Waals surface area contributed by atoms with Gasteiger partial charge in [0.25, 0.3) is 0 Å². The lowest BCUT2D eigenvalue weighted by molar-refractivity contribution is -0.120. The van der Waals surface area contributed by atoms with Gasteiger partial charge in [-0.3, -0.25) is 4.79 Å². The van der Waals surface area contributed by atoms with Crippen LogP contribution in [0.15, 0.2) is 78.9 Å². The fourth-order valence-corrected chi connectivity index (χ4v) is 4.25. The normalized spacial score (nSPS) is 11.2. The summed E-state index contributed by atoms with van der Waals surface area (Å²) >= 11 is 0. The first-order valence-corrected chi connectivity index (χ1v) is 12.6. The van der Waals surface area contributed by atoms with Crippen LogP contribution in [0, 0.1) is 0 Å². The van der Waals surface area contributed by atoms with Crippen LogP contribution in [-0.4, -0.2) is 28.6 Å². The zero-order chi connectivity index (χ0) is 24.5. The number of rotatable bonds is 12. The van der Waals surface area contributed by atoms with Crippen molar-refractivity contribution in [1.82, 2.24) is 14.9 Å². The molecule has 4 rings (SSSR count). The number of carbonyl (C=O) groups is 1. The summed E-state index contributed by atoms with van der Waals surface area (Å²) in [7, 11) is 0. The molecular weight excluding hydrogens is 434 g/mol. The zero-order valence-electron chi connectivity index (χ0n) is 20.7. The molecule has 0 unspecified atom stereocenters. The standard InChI is InChI=1S/C30H35N3O2/c1-23(2)25-15-17-26(18-16-25)35-21-9-20-33-28-13-7-6-12-27(28)32-29(33)14-8-19-31-30(34)22-24-10-4-3-5-11-24/h3-7,10-13,15-18,23H,8-9,14,19-22H2,1-2H3,(H,31,34). The summed E-state index contributed by atoms with van der Waals surface area (Å²) in [4.78, 5) is 17.1. The first-order valence-electron chi connectivity index (χ1n) is 12.6. The Labute approximate surface area is 208 Å².